The summed E-state index contributed by atoms with van der Waals surface area (Å²) < 4.78 is 0. The van der Waals surface area contributed by atoms with Gasteiger partial charge in [-0.15, -0.1) is 0 Å². The summed E-state index contributed by atoms with van der Waals surface area (Å²) in [6, 6.07) is 0. The summed E-state index contributed by atoms with van der Waals surface area (Å²) in [5, 5.41) is 2.65. The molecule has 2 aliphatic carbocycles. The number of carbonyl (C=O) groups excluding carboxylic acids is 2. The molecule has 5 nitrogen and oxygen atoms in total. The topological polar surface area (TPSA) is 52.7 Å². The Morgan fingerprint density at radius 3 is 2.43 bits per heavy atom. The van der Waals surface area contributed by atoms with Crippen molar-refractivity contribution in [3.63, 3.8) is 0 Å². The second kappa shape index (κ2) is 6.34. The molecule has 3 unspecified atom stereocenters. The molecular weight excluding hydrogens is 266 g/mol. The summed E-state index contributed by atoms with van der Waals surface area (Å²) >= 11 is 0. The molecule has 1 N–H and O–H groups in total. The van der Waals surface area contributed by atoms with Crippen molar-refractivity contribution < 1.29 is 9.59 Å². The van der Waals surface area contributed by atoms with E-state index in [2.05, 4.69) is 10.2 Å². The maximum absolute atomic E-state index is 12.4. The molecule has 21 heavy (non-hydrogen) atoms. The summed E-state index contributed by atoms with van der Waals surface area (Å²) in [6.07, 6.45) is 6.16. The minimum absolute atomic E-state index is 0.0526. The van der Waals surface area contributed by atoms with Crippen LogP contribution in [0.5, 0.6) is 0 Å². The molecule has 2 saturated carbocycles. The molecule has 2 amide bonds. The summed E-state index contributed by atoms with van der Waals surface area (Å²) in [5.74, 6) is 2.79. The molecule has 0 aromatic heterocycles. The number of rotatable bonds is 4. The molecule has 3 rings (SSSR count). The molecule has 118 valence electrons. The molecule has 0 aromatic carbocycles. The van der Waals surface area contributed by atoms with Crippen LogP contribution in [0.2, 0.25) is 0 Å². The van der Waals surface area contributed by atoms with Crippen molar-refractivity contribution >= 4 is 11.8 Å². The third kappa shape index (κ3) is 3.39. The van der Waals surface area contributed by atoms with E-state index in [1.54, 1.807) is 7.05 Å². The van der Waals surface area contributed by atoms with Gasteiger partial charge >= 0.3 is 0 Å². The lowest BCUT2D eigenvalue weighted by Gasteiger charge is -2.35. The maximum atomic E-state index is 12.4. The van der Waals surface area contributed by atoms with Gasteiger partial charge in [-0.25, -0.2) is 0 Å². The van der Waals surface area contributed by atoms with Gasteiger partial charge in [-0.2, -0.15) is 0 Å². The second-order valence-corrected chi connectivity index (χ2v) is 6.97. The molecule has 3 fully saturated rings. The predicted molar refractivity (Wildman–Crippen MR) is 80.6 cm³/mol. The standard InChI is InChI=1S/C16H27N3O2/c1-17-15(20)11-18-4-6-19(7-5-18)16(21)10-14-9-12-2-3-13(14)8-12/h12-14H,2-11H2,1H3,(H,17,20). The highest BCUT2D eigenvalue weighted by molar-refractivity contribution is 5.78. The van der Waals surface area contributed by atoms with Crippen LogP contribution in [0.1, 0.15) is 32.1 Å². The summed E-state index contributed by atoms with van der Waals surface area (Å²) in [4.78, 5) is 27.9. The number of amides is 2. The van der Waals surface area contributed by atoms with Crippen molar-refractivity contribution in [1.82, 2.24) is 15.1 Å². The average molecular weight is 293 g/mol. The lowest BCUT2D eigenvalue weighted by atomic mass is 9.86. The van der Waals surface area contributed by atoms with Crippen molar-refractivity contribution in [1.29, 1.82) is 0 Å². The van der Waals surface area contributed by atoms with Crippen molar-refractivity contribution in [2.24, 2.45) is 17.8 Å². The Hall–Kier alpha value is -1.10. The van der Waals surface area contributed by atoms with E-state index in [0.29, 0.717) is 18.4 Å². The third-order valence-corrected chi connectivity index (χ3v) is 5.69. The van der Waals surface area contributed by atoms with Crippen molar-refractivity contribution in [3.8, 4) is 0 Å². The van der Waals surface area contributed by atoms with Crippen LogP contribution >= 0.6 is 0 Å². The Morgan fingerprint density at radius 1 is 1.10 bits per heavy atom. The number of hydrogen-bond donors (Lipinski definition) is 1. The van der Waals surface area contributed by atoms with Crippen LogP contribution in [0, 0.1) is 17.8 Å². The highest BCUT2D eigenvalue weighted by Crippen LogP contribution is 2.49. The fourth-order valence-electron chi connectivity index (χ4n) is 4.42. The van der Waals surface area contributed by atoms with Crippen LogP contribution in [-0.2, 0) is 9.59 Å². The Bertz CT molecular complexity index is 404. The van der Waals surface area contributed by atoms with E-state index in [-0.39, 0.29) is 5.91 Å². The number of carbonyl (C=O) groups is 2. The quantitative estimate of drug-likeness (QED) is 0.830. The molecule has 0 aromatic rings. The Balaban J connectivity index is 1.42. The molecule has 0 spiro atoms. The number of nitrogens with zero attached hydrogens (tertiary/aromatic N) is 2. The van der Waals surface area contributed by atoms with E-state index < -0.39 is 0 Å². The van der Waals surface area contributed by atoms with Crippen molar-refractivity contribution in [3.05, 3.63) is 0 Å². The number of nitrogens with one attached hydrogen (secondary N) is 1. The Morgan fingerprint density at radius 2 is 1.86 bits per heavy atom. The molecule has 3 aliphatic rings. The highest BCUT2D eigenvalue weighted by Gasteiger charge is 2.40. The van der Waals surface area contributed by atoms with Crippen LogP contribution in [0.25, 0.3) is 0 Å². The van der Waals surface area contributed by atoms with E-state index in [1.165, 1.54) is 25.7 Å². The van der Waals surface area contributed by atoms with Gasteiger partial charge in [-0.1, -0.05) is 6.42 Å². The fourth-order valence-corrected chi connectivity index (χ4v) is 4.42. The van der Waals surface area contributed by atoms with Crippen LogP contribution in [0.15, 0.2) is 0 Å². The molecule has 3 atom stereocenters. The SMILES string of the molecule is CNC(=O)CN1CCN(C(=O)CC2CC3CCC2C3)CC1. The van der Waals surface area contributed by atoms with Gasteiger partial charge in [-0.3, -0.25) is 14.5 Å². The Labute approximate surface area is 127 Å². The molecule has 5 heteroatoms. The maximum Gasteiger partial charge on any atom is 0.233 e. The number of hydrogen-bond acceptors (Lipinski definition) is 3. The van der Waals surface area contributed by atoms with Crippen molar-refractivity contribution in [2.45, 2.75) is 32.1 Å². The van der Waals surface area contributed by atoms with Gasteiger partial charge < -0.3 is 10.2 Å². The minimum atomic E-state index is 0.0526. The van der Waals surface area contributed by atoms with Gasteiger partial charge in [0.2, 0.25) is 11.8 Å². The van der Waals surface area contributed by atoms with Crippen LogP contribution in [0.4, 0.5) is 0 Å². The first-order valence-corrected chi connectivity index (χ1v) is 8.36. The van der Waals surface area contributed by atoms with Crippen LogP contribution in [0.3, 0.4) is 0 Å². The van der Waals surface area contributed by atoms with E-state index in [1.807, 2.05) is 4.90 Å². The van der Waals surface area contributed by atoms with Crippen LogP contribution in [-0.4, -0.2) is 61.4 Å². The third-order valence-electron chi connectivity index (χ3n) is 5.69. The van der Waals surface area contributed by atoms with Gasteiger partial charge in [0.15, 0.2) is 0 Å². The van der Waals surface area contributed by atoms with Gasteiger partial charge in [0, 0.05) is 39.6 Å². The summed E-state index contributed by atoms with van der Waals surface area (Å²) in [7, 11) is 1.66. The number of fused-ring (bicyclic) bond motifs is 2. The van der Waals surface area contributed by atoms with Gasteiger partial charge in [0.1, 0.15) is 0 Å². The zero-order valence-electron chi connectivity index (χ0n) is 13.0. The average Bonchev–Trinajstić information content (AvgIpc) is 3.10. The zero-order valence-corrected chi connectivity index (χ0v) is 13.0. The number of piperazine rings is 1. The molecule has 2 bridgehead atoms. The molecular formula is C16H27N3O2. The lowest BCUT2D eigenvalue weighted by Crippen LogP contribution is -2.51. The largest absolute Gasteiger partial charge is 0.358 e. The Kier molecular flexibility index (Phi) is 4.48. The first kappa shape index (κ1) is 14.8. The first-order chi connectivity index (χ1) is 10.2. The van der Waals surface area contributed by atoms with Gasteiger partial charge in [0.05, 0.1) is 6.54 Å². The molecule has 1 saturated heterocycles. The first-order valence-electron chi connectivity index (χ1n) is 8.36. The fraction of sp³-hybridized carbons (Fsp3) is 0.875. The predicted octanol–water partition coefficient (Wildman–Crippen LogP) is 0.703. The van der Waals surface area contributed by atoms with E-state index in [9.17, 15) is 9.59 Å². The highest BCUT2D eigenvalue weighted by atomic mass is 16.2. The monoisotopic (exact) mass is 293 g/mol. The van der Waals surface area contributed by atoms with E-state index >= 15 is 0 Å². The minimum Gasteiger partial charge on any atom is -0.358 e. The van der Waals surface area contributed by atoms with E-state index in [4.69, 9.17) is 0 Å². The van der Waals surface area contributed by atoms with E-state index in [0.717, 1.165) is 44.4 Å². The van der Waals surface area contributed by atoms with Crippen molar-refractivity contribution in [2.75, 3.05) is 39.8 Å². The summed E-state index contributed by atoms with van der Waals surface area (Å²) in [5.41, 5.74) is 0. The zero-order chi connectivity index (χ0) is 14.8. The van der Waals surface area contributed by atoms with Crippen LogP contribution < -0.4 is 5.32 Å². The normalized spacial score (nSPS) is 32.4. The van der Waals surface area contributed by atoms with Gasteiger partial charge in [-0.05, 0) is 37.0 Å². The second-order valence-electron chi connectivity index (χ2n) is 6.97. The molecule has 0 radical (unpaired) electrons. The smallest absolute Gasteiger partial charge is 0.233 e. The number of likely N-dealkylation sites (N-methyl/N-ethyl adjacent to an activating group) is 1. The molecule has 1 aliphatic heterocycles. The lowest BCUT2D eigenvalue weighted by molar-refractivity contribution is -0.134. The molecule has 1 heterocycles. The van der Waals surface area contributed by atoms with Gasteiger partial charge in [0.25, 0.3) is 0 Å². The summed E-state index contributed by atoms with van der Waals surface area (Å²) in [6.45, 7) is 3.63.